The Morgan fingerprint density at radius 2 is 2.04 bits per heavy atom. The second-order valence-corrected chi connectivity index (χ2v) is 8.02. The molecular weight excluding hydrogens is 390 g/mol. The number of aromatic nitrogens is 1. The van der Waals surface area contributed by atoms with E-state index >= 15 is 0 Å². The van der Waals surface area contributed by atoms with Crippen LogP contribution in [0.15, 0.2) is 53.0 Å². The molecule has 2 heterocycles. The quantitative estimate of drug-likeness (QED) is 0.701. The number of likely N-dealkylation sites (N-methyl/N-ethyl adjacent to an activating group) is 1. The molecule has 26 heavy (non-hydrogen) atoms. The monoisotopic (exact) mass is 413 g/mol. The summed E-state index contributed by atoms with van der Waals surface area (Å²) in [7, 11) is 4.20. The minimum atomic E-state index is 0.265. The van der Waals surface area contributed by atoms with Crippen molar-refractivity contribution in [1.29, 1.82) is 0 Å². The van der Waals surface area contributed by atoms with Crippen molar-refractivity contribution in [3.05, 3.63) is 53.0 Å². The molecule has 1 atom stereocenters. The van der Waals surface area contributed by atoms with Gasteiger partial charge in [0.2, 0.25) is 0 Å². The van der Waals surface area contributed by atoms with E-state index in [4.69, 9.17) is 4.74 Å². The van der Waals surface area contributed by atoms with Crippen LogP contribution in [-0.4, -0.2) is 49.3 Å². The smallest absolute Gasteiger partial charge is 0.128 e. The van der Waals surface area contributed by atoms with E-state index in [1.54, 1.807) is 0 Å². The number of fused-ring (bicyclic) bond motifs is 5. The van der Waals surface area contributed by atoms with Crippen LogP contribution in [0.5, 0.6) is 5.75 Å². The van der Waals surface area contributed by atoms with Crippen LogP contribution in [0.4, 0.5) is 0 Å². The fourth-order valence-electron chi connectivity index (χ4n) is 3.54. The summed E-state index contributed by atoms with van der Waals surface area (Å²) in [5, 5.41) is 4.93. The molecule has 1 N–H and O–H groups in total. The molecular formula is C21H24BrN3O. The molecule has 4 rings (SSSR count). The van der Waals surface area contributed by atoms with Gasteiger partial charge in [-0.05, 0) is 44.4 Å². The lowest BCUT2D eigenvalue weighted by Crippen LogP contribution is -2.42. The third-order valence-electron chi connectivity index (χ3n) is 4.86. The SMILES string of the molecule is CN(C)CCNC1COc2ccc(Br)cc2-c2cc3ccccc3n2C1. The van der Waals surface area contributed by atoms with E-state index in [0.717, 1.165) is 35.4 Å². The molecule has 0 saturated heterocycles. The van der Waals surface area contributed by atoms with Gasteiger partial charge in [-0.15, -0.1) is 0 Å². The summed E-state index contributed by atoms with van der Waals surface area (Å²) in [4.78, 5) is 2.19. The standard InChI is InChI=1S/C21H24BrN3O/c1-24(2)10-9-23-17-13-25-19-6-4-3-5-15(19)11-20(25)18-12-16(22)7-8-21(18)26-14-17/h3-8,11-12,17,23H,9-10,13-14H2,1-2H3. The van der Waals surface area contributed by atoms with Gasteiger partial charge in [0.15, 0.2) is 0 Å². The van der Waals surface area contributed by atoms with Crippen LogP contribution >= 0.6 is 15.9 Å². The first-order chi connectivity index (χ1) is 12.6. The molecule has 2 aromatic carbocycles. The van der Waals surface area contributed by atoms with Crippen molar-refractivity contribution < 1.29 is 4.74 Å². The zero-order chi connectivity index (χ0) is 18.1. The van der Waals surface area contributed by atoms with E-state index in [-0.39, 0.29) is 6.04 Å². The highest BCUT2D eigenvalue weighted by molar-refractivity contribution is 9.10. The lowest BCUT2D eigenvalue weighted by atomic mass is 10.1. The van der Waals surface area contributed by atoms with E-state index in [1.165, 1.54) is 16.6 Å². The van der Waals surface area contributed by atoms with Crippen molar-refractivity contribution in [2.24, 2.45) is 0 Å². The Labute approximate surface area is 162 Å². The van der Waals surface area contributed by atoms with Crippen molar-refractivity contribution in [3.63, 3.8) is 0 Å². The van der Waals surface area contributed by atoms with Gasteiger partial charge < -0.3 is 19.5 Å². The third kappa shape index (κ3) is 3.52. The van der Waals surface area contributed by atoms with Crippen LogP contribution in [-0.2, 0) is 6.54 Å². The molecule has 0 saturated carbocycles. The van der Waals surface area contributed by atoms with Gasteiger partial charge in [0.05, 0.1) is 11.7 Å². The normalized spacial score (nSPS) is 16.7. The summed E-state index contributed by atoms with van der Waals surface area (Å²) in [5.74, 6) is 0.941. The Balaban J connectivity index is 1.76. The van der Waals surface area contributed by atoms with Crippen LogP contribution < -0.4 is 10.1 Å². The van der Waals surface area contributed by atoms with Crippen LogP contribution in [0.1, 0.15) is 0 Å². The van der Waals surface area contributed by atoms with Gasteiger partial charge >= 0.3 is 0 Å². The topological polar surface area (TPSA) is 29.4 Å². The van der Waals surface area contributed by atoms with Crippen molar-refractivity contribution in [1.82, 2.24) is 14.8 Å². The van der Waals surface area contributed by atoms with Gasteiger partial charge in [-0.25, -0.2) is 0 Å². The molecule has 136 valence electrons. The van der Waals surface area contributed by atoms with Gasteiger partial charge in [0.25, 0.3) is 0 Å². The molecule has 0 bridgehead atoms. The Kier molecular flexibility index (Phi) is 5.02. The summed E-state index contributed by atoms with van der Waals surface area (Å²) in [6.45, 7) is 3.51. The molecule has 5 heteroatoms. The first kappa shape index (κ1) is 17.6. The second kappa shape index (κ2) is 7.43. The van der Waals surface area contributed by atoms with Crippen LogP contribution in [0, 0.1) is 0 Å². The predicted molar refractivity (Wildman–Crippen MR) is 111 cm³/mol. The summed E-state index contributed by atoms with van der Waals surface area (Å²) >= 11 is 3.61. The van der Waals surface area contributed by atoms with Gasteiger partial charge in [-0.3, -0.25) is 0 Å². The maximum Gasteiger partial charge on any atom is 0.128 e. The molecule has 1 aromatic heterocycles. The summed E-state index contributed by atoms with van der Waals surface area (Å²) in [6.07, 6.45) is 0. The molecule has 1 unspecified atom stereocenters. The highest BCUT2D eigenvalue weighted by atomic mass is 79.9. The molecule has 0 radical (unpaired) electrons. The number of ether oxygens (including phenoxy) is 1. The minimum Gasteiger partial charge on any atom is -0.491 e. The van der Waals surface area contributed by atoms with E-state index in [1.807, 2.05) is 6.07 Å². The molecule has 1 aliphatic heterocycles. The van der Waals surface area contributed by atoms with Crippen LogP contribution in [0.3, 0.4) is 0 Å². The number of nitrogens with one attached hydrogen (secondary N) is 1. The van der Waals surface area contributed by atoms with Crippen LogP contribution in [0.2, 0.25) is 0 Å². The van der Waals surface area contributed by atoms with Crippen molar-refractivity contribution in [2.45, 2.75) is 12.6 Å². The van der Waals surface area contributed by atoms with E-state index in [0.29, 0.717) is 6.61 Å². The average molecular weight is 414 g/mol. The van der Waals surface area contributed by atoms with E-state index in [9.17, 15) is 0 Å². The zero-order valence-electron chi connectivity index (χ0n) is 15.2. The minimum absolute atomic E-state index is 0.265. The maximum absolute atomic E-state index is 6.20. The number of hydrogen-bond donors (Lipinski definition) is 1. The first-order valence-electron chi connectivity index (χ1n) is 9.01. The second-order valence-electron chi connectivity index (χ2n) is 7.10. The third-order valence-corrected chi connectivity index (χ3v) is 5.36. The summed E-state index contributed by atoms with van der Waals surface area (Å²) < 4.78 is 9.69. The van der Waals surface area contributed by atoms with Crippen molar-refractivity contribution in [2.75, 3.05) is 33.8 Å². The number of rotatable bonds is 4. The van der Waals surface area contributed by atoms with Crippen molar-refractivity contribution >= 4 is 26.8 Å². The highest BCUT2D eigenvalue weighted by Gasteiger charge is 2.22. The molecule has 0 spiro atoms. The Bertz CT molecular complexity index is 919. The highest BCUT2D eigenvalue weighted by Crippen LogP contribution is 2.37. The molecule has 0 aliphatic carbocycles. The first-order valence-corrected chi connectivity index (χ1v) is 9.80. The van der Waals surface area contributed by atoms with Crippen molar-refractivity contribution in [3.8, 4) is 17.0 Å². The molecule has 1 aliphatic rings. The lowest BCUT2D eigenvalue weighted by Gasteiger charge is -2.26. The fourth-order valence-corrected chi connectivity index (χ4v) is 3.90. The Hall–Kier alpha value is -1.82. The van der Waals surface area contributed by atoms with Gasteiger partial charge in [-0.2, -0.15) is 0 Å². The average Bonchev–Trinajstić information content (AvgIpc) is 2.96. The van der Waals surface area contributed by atoms with Gasteiger partial charge in [-0.1, -0.05) is 34.1 Å². The number of hydrogen-bond acceptors (Lipinski definition) is 3. The Morgan fingerprint density at radius 3 is 2.88 bits per heavy atom. The van der Waals surface area contributed by atoms with E-state index in [2.05, 4.69) is 87.3 Å². The summed E-state index contributed by atoms with van der Waals surface area (Å²) in [6, 6.07) is 17.4. The summed E-state index contributed by atoms with van der Waals surface area (Å²) in [5.41, 5.74) is 3.62. The predicted octanol–water partition coefficient (Wildman–Crippen LogP) is 3.98. The molecule has 4 nitrogen and oxygen atoms in total. The number of para-hydroxylation sites is 1. The molecule has 3 aromatic rings. The molecule has 0 fully saturated rings. The van der Waals surface area contributed by atoms with Crippen LogP contribution in [0.25, 0.3) is 22.2 Å². The number of nitrogens with zero attached hydrogens (tertiary/aromatic N) is 2. The van der Waals surface area contributed by atoms with Gasteiger partial charge in [0.1, 0.15) is 12.4 Å². The largest absolute Gasteiger partial charge is 0.491 e. The molecule has 0 amide bonds. The van der Waals surface area contributed by atoms with Gasteiger partial charge in [0, 0.05) is 40.6 Å². The zero-order valence-corrected chi connectivity index (χ0v) is 16.8. The number of benzene rings is 2. The lowest BCUT2D eigenvalue weighted by molar-refractivity contribution is 0.242. The van der Waals surface area contributed by atoms with E-state index < -0.39 is 0 Å². The number of halogens is 1. The Morgan fingerprint density at radius 1 is 1.19 bits per heavy atom. The maximum atomic E-state index is 6.20. The fraction of sp³-hybridized carbons (Fsp3) is 0.333.